The van der Waals surface area contributed by atoms with Gasteiger partial charge in [-0.2, -0.15) is 0 Å². The molecular formula is C18H16BrCl2NO5. The normalized spacial score (nSPS) is 10.7. The van der Waals surface area contributed by atoms with Gasteiger partial charge >= 0.3 is 5.97 Å². The fraction of sp³-hybridized carbons (Fsp3) is 0.222. The first-order chi connectivity index (χ1) is 12.6. The van der Waals surface area contributed by atoms with Gasteiger partial charge in [0.15, 0.2) is 5.75 Å². The average molecular weight is 477 g/mol. The molecule has 0 saturated carbocycles. The highest BCUT2D eigenvalue weighted by atomic mass is 79.9. The zero-order valence-corrected chi connectivity index (χ0v) is 17.4. The molecule has 0 aliphatic heterocycles. The van der Waals surface area contributed by atoms with Gasteiger partial charge in [-0.05, 0) is 46.1 Å². The van der Waals surface area contributed by atoms with Crippen molar-refractivity contribution in [2.45, 2.75) is 19.8 Å². The van der Waals surface area contributed by atoms with Crippen LogP contribution >= 0.6 is 39.1 Å². The number of hydrogen-bond acceptors (Lipinski definition) is 4. The molecule has 0 atom stereocenters. The quantitative estimate of drug-likeness (QED) is 0.533. The number of amides is 1. The first-order valence-corrected chi connectivity index (χ1v) is 9.35. The maximum Gasteiger partial charge on any atom is 0.322 e. The Bertz CT molecular complexity index is 879. The van der Waals surface area contributed by atoms with E-state index in [0.29, 0.717) is 15.8 Å². The second kappa shape index (κ2) is 8.82. The monoisotopic (exact) mass is 475 g/mol. The summed E-state index contributed by atoms with van der Waals surface area (Å²) in [7, 11) is 0. The Morgan fingerprint density at radius 3 is 2.33 bits per heavy atom. The van der Waals surface area contributed by atoms with Crippen molar-refractivity contribution >= 4 is 51.0 Å². The minimum absolute atomic E-state index is 0.0363. The number of benzene rings is 2. The lowest BCUT2D eigenvalue weighted by molar-refractivity contribution is -0.135. The molecule has 2 aromatic carbocycles. The Balaban J connectivity index is 2.35. The summed E-state index contributed by atoms with van der Waals surface area (Å²) in [5.74, 6) is -1.10. The maximum atomic E-state index is 12.0. The molecule has 0 radical (unpaired) electrons. The highest BCUT2D eigenvalue weighted by molar-refractivity contribution is 9.10. The molecule has 0 aromatic heterocycles. The van der Waals surface area contributed by atoms with E-state index in [2.05, 4.69) is 21.2 Å². The van der Waals surface area contributed by atoms with Gasteiger partial charge in [0.1, 0.15) is 18.0 Å². The highest BCUT2D eigenvalue weighted by Gasteiger charge is 2.19. The molecule has 0 spiro atoms. The molecule has 27 heavy (non-hydrogen) atoms. The van der Waals surface area contributed by atoms with Crippen molar-refractivity contribution in [1.82, 2.24) is 5.32 Å². The zero-order valence-electron chi connectivity index (χ0n) is 14.3. The van der Waals surface area contributed by atoms with Gasteiger partial charge in [-0.1, -0.05) is 37.0 Å². The molecule has 0 fully saturated rings. The Hall–Kier alpha value is -1.96. The third-order valence-corrected chi connectivity index (χ3v) is 4.95. The van der Waals surface area contributed by atoms with E-state index in [0.717, 1.165) is 0 Å². The number of nitrogens with one attached hydrogen (secondary N) is 1. The molecule has 0 saturated heterocycles. The van der Waals surface area contributed by atoms with Crippen LogP contribution < -0.4 is 10.1 Å². The van der Waals surface area contributed by atoms with E-state index in [-0.39, 0.29) is 33.0 Å². The molecule has 3 N–H and O–H groups in total. The molecule has 0 aliphatic rings. The number of carbonyl (C=O) groups is 2. The lowest BCUT2D eigenvalue weighted by Crippen LogP contribution is -2.29. The number of aliphatic carboxylic acids is 1. The van der Waals surface area contributed by atoms with Gasteiger partial charge in [-0.15, -0.1) is 0 Å². The van der Waals surface area contributed by atoms with E-state index >= 15 is 0 Å². The van der Waals surface area contributed by atoms with E-state index in [1.165, 1.54) is 18.2 Å². The maximum absolute atomic E-state index is 12.0. The van der Waals surface area contributed by atoms with Crippen molar-refractivity contribution in [2.24, 2.45) is 0 Å². The van der Waals surface area contributed by atoms with Crippen molar-refractivity contribution in [3.8, 4) is 17.2 Å². The van der Waals surface area contributed by atoms with E-state index < -0.39 is 18.4 Å². The molecule has 2 aromatic rings. The fourth-order valence-corrected chi connectivity index (χ4v) is 3.79. The standard InChI is InChI=1S/C18H16BrCl2NO5/c1-8(2)15-12(23)3-4-13(16(15)19)27-17-10(20)5-9(6-11(17)21)18(26)22-7-14(24)25/h3-6,8,23H,7H2,1-2H3,(H,22,26)(H,24,25). The summed E-state index contributed by atoms with van der Waals surface area (Å²) in [6, 6.07) is 5.73. The smallest absolute Gasteiger partial charge is 0.322 e. The lowest BCUT2D eigenvalue weighted by Gasteiger charge is -2.17. The minimum Gasteiger partial charge on any atom is -0.508 e. The van der Waals surface area contributed by atoms with E-state index in [4.69, 9.17) is 33.0 Å². The number of phenolic OH excluding ortho intramolecular Hbond substituents is 1. The molecule has 0 bridgehead atoms. The van der Waals surface area contributed by atoms with Crippen molar-refractivity contribution < 1.29 is 24.5 Å². The van der Waals surface area contributed by atoms with Gasteiger partial charge in [-0.3, -0.25) is 9.59 Å². The van der Waals surface area contributed by atoms with Gasteiger partial charge in [0, 0.05) is 11.1 Å². The third kappa shape index (κ3) is 5.06. The number of carboxylic acid groups (broad SMARTS) is 1. The van der Waals surface area contributed by atoms with Crippen molar-refractivity contribution in [3.63, 3.8) is 0 Å². The van der Waals surface area contributed by atoms with Crippen LogP contribution in [0.15, 0.2) is 28.7 Å². The van der Waals surface area contributed by atoms with Gasteiger partial charge in [0.25, 0.3) is 5.91 Å². The first-order valence-electron chi connectivity index (χ1n) is 7.80. The second-order valence-electron chi connectivity index (χ2n) is 5.91. The van der Waals surface area contributed by atoms with Crippen LogP contribution in [0.4, 0.5) is 0 Å². The van der Waals surface area contributed by atoms with E-state index in [9.17, 15) is 14.7 Å². The number of aromatic hydroxyl groups is 1. The summed E-state index contributed by atoms with van der Waals surface area (Å²) in [6.07, 6.45) is 0. The summed E-state index contributed by atoms with van der Waals surface area (Å²) in [5.41, 5.74) is 0.774. The first kappa shape index (κ1) is 21.3. The molecule has 6 nitrogen and oxygen atoms in total. The Kier molecular flexibility index (Phi) is 6.97. The summed E-state index contributed by atoms with van der Waals surface area (Å²) < 4.78 is 6.36. The van der Waals surface area contributed by atoms with Gasteiger partial charge < -0.3 is 20.3 Å². The van der Waals surface area contributed by atoms with Crippen LogP contribution in [0.1, 0.15) is 35.7 Å². The van der Waals surface area contributed by atoms with Crippen LogP contribution in [0.5, 0.6) is 17.2 Å². The number of phenols is 1. The zero-order chi connectivity index (χ0) is 20.3. The van der Waals surface area contributed by atoms with E-state index in [1.807, 2.05) is 13.8 Å². The predicted octanol–water partition coefficient (Wildman–Crippen LogP) is 5.19. The average Bonchev–Trinajstić information content (AvgIpc) is 2.57. The van der Waals surface area contributed by atoms with Gasteiger partial charge in [0.05, 0.1) is 14.5 Å². The summed E-state index contributed by atoms with van der Waals surface area (Å²) in [4.78, 5) is 22.5. The topological polar surface area (TPSA) is 95.9 Å². The second-order valence-corrected chi connectivity index (χ2v) is 7.52. The summed E-state index contributed by atoms with van der Waals surface area (Å²) in [5, 5.41) is 21.0. The van der Waals surface area contributed by atoms with Crippen molar-refractivity contribution in [1.29, 1.82) is 0 Å². The number of rotatable bonds is 6. The van der Waals surface area contributed by atoms with Crippen LogP contribution in [-0.2, 0) is 4.79 Å². The lowest BCUT2D eigenvalue weighted by atomic mass is 10.0. The predicted molar refractivity (Wildman–Crippen MR) is 106 cm³/mol. The van der Waals surface area contributed by atoms with E-state index in [1.54, 1.807) is 6.07 Å². The Labute approximate surface area is 174 Å². The molecule has 2 rings (SSSR count). The van der Waals surface area contributed by atoms with Gasteiger partial charge in [0.2, 0.25) is 0 Å². The van der Waals surface area contributed by atoms with Crippen LogP contribution in [0.25, 0.3) is 0 Å². The molecule has 144 valence electrons. The van der Waals surface area contributed by atoms with Crippen molar-refractivity contribution in [3.05, 3.63) is 49.9 Å². The SMILES string of the molecule is CC(C)c1c(O)ccc(Oc2c(Cl)cc(C(=O)NCC(=O)O)cc2Cl)c1Br. The summed E-state index contributed by atoms with van der Waals surface area (Å²) in [6.45, 7) is 3.33. The number of hydrogen-bond donors (Lipinski definition) is 3. The fourth-order valence-electron chi connectivity index (χ4n) is 2.35. The van der Waals surface area contributed by atoms with Crippen LogP contribution in [0.2, 0.25) is 10.0 Å². The number of halogens is 3. The van der Waals surface area contributed by atoms with Crippen molar-refractivity contribution in [2.75, 3.05) is 6.54 Å². The number of carbonyl (C=O) groups excluding carboxylic acids is 1. The molecule has 0 aliphatic carbocycles. The molecular weight excluding hydrogens is 461 g/mol. The highest BCUT2D eigenvalue weighted by Crippen LogP contribution is 2.44. The Morgan fingerprint density at radius 1 is 1.22 bits per heavy atom. The molecule has 1 amide bonds. The Morgan fingerprint density at radius 2 is 1.81 bits per heavy atom. The largest absolute Gasteiger partial charge is 0.508 e. The number of carboxylic acids is 1. The van der Waals surface area contributed by atoms with Gasteiger partial charge in [-0.25, -0.2) is 0 Å². The number of ether oxygens (including phenoxy) is 1. The summed E-state index contributed by atoms with van der Waals surface area (Å²) >= 11 is 15.8. The molecule has 0 unspecified atom stereocenters. The van der Waals surface area contributed by atoms with Crippen LogP contribution in [0.3, 0.4) is 0 Å². The molecule has 0 heterocycles. The molecule has 9 heteroatoms. The third-order valence-electron chi connectivity index (χ3n) is 3.57. The minimum atomic E-state index is -1.17. The van der Waals surface area contributed by atoms with Crippen LogP contribution in [-0.4, -0.2) is 28.6 Å². The van der Waals surface area contributed by atoms with Crippen LogP contribution in [0, 0.1) is 0 Å².